The second kappa shape index (κ2) is 7.16. The monoisotopic (exact) mass is 336 g/mol. The van der Waals surface area contributed by atoms with E-state index in [1.165, 1.54) is 13.0 Å². The summed E-state index contributed by atoms with van der Waals surface area (Å²) in [6.45, 7) is 1.43. The van der Waals surface area contributed by atoms with Crippen molar-refractivity contribution in [2.45, 2.75) is 19.8 Å². The van der Waals surface area contributed by atoms with Crippen molar-refractivity contribution in [3.05, 3.63) is 64.5 Å². The summed E-state index contributed by atoms with van der Waals surface area (Å²) in [5.74, 6) is -3.24. The van der Waals surface area contributed by atoms with Gasteiger partial charge < -0.3 is 11.1 Å². The van der Waals surface area contributed by atoms with Gasteiger partial charge in [0.2, 0.25) is 11.8 Å². The van der Waals surface area contributed by atoms with Gasteiger partial charge in [-0.1, -0.05) is 0 Å². The number of aryl methyl sites for hydroxylation is 1. The van der Waals surface area contributed by atoms with Crippen LogP contribution in [-0.2, 0) is 11.2 Å². The fourth-order valence-electron chi connectivity index (χ4n) is 2.15. The van der Waals surface area contributed by atoms with Crippen molar-refractivity contribution in [1.82, 2.24) is 0 Å². The molecular weight excluding hydrogens is 321 g/mol. The first kappa shape index (κ1) is 17.5. The molecule has 0 aliphatic rings. The van der Waals surface area contributed by atoms with Gasteiger partial charge in [0.1, 0.15) is 17.5 Å². The summed E-state index contributed by atoms with van der Waals surface area (Å²) < 4.78 is 40.3. The van der Waals surface area contributed by atoms with Crippen LogP contribution in [0, 0.1) is 24.4 Å². The van der Waals surface area contributed by atoms with Crippen molar-refractivity contribution in [1.29, 1.82) is 0 Å². The molecule has 0 fully saturated rings. The first-order valence-electron chi connectivity index (χ1n) is 7.11. The number of nitrogens with two attached hydrogens (primary N) is 1. The lowest BCUT2D eigenvalue weighted by Gasteiger charge is -2.11. The molecule has 7 heteroatoms. The standard InChI is InChI=1S/C17H15F3N2O2/c1-9-14(20)7-11(17(21)24)8-15(9)22-16(23)5-2-10-6-12(18)3-4-13(10)19/h3-4,6-8H,2,5H2,1H3,(H2,21,24)(H,22,23). The molecule has 2 amide bonds. The van der Waals surface area contributed by atoms with Gasteiger partial charge in [-0.25, -0.2) is 13.2 Å². The zero-order valence-corrected chi connectivity index (χ0v) is 12.8. The molecule has 0 saturated carbocycles. The minimum atomic E-state index is -0.828. The number of amides is 2. The van der Waals surface area contributed by atoms with Crippen LogP contribution in [0.3, 0.4) is 0 Å². The third-order valence-corrected chi connectivity index (χ3v) is 3.53. The molecule has 0 aromatic heterocycles. The molecule has 0 aliphatic carbocycles. The van der Waals surface area contributed by atoms with Crippen LogP contribution in [0.5, 0.6) is 0 Å². The molecule has 2 rings (SSSR count). The van der Waals surface area contributed by atoms with Gasteiger partial charge in [-0.3, -0.25) is 9.59 Å². The van der Waals surface area contributed by atoms with Gasteiger partial charge >= 0.3 is 0 Å². The minimum absolute atomic E-state index is 0.0214. The molecule has 126 valence electrons. The van der Waals surface area contributed by atoms with Gasteiger partial charge in [-0.05, 0) is 49.2 Å². The maximum absolute atomic E-state index is 13.7. The van der Waals surface area contributed by atoms with Crippen molar-refractivity contribution in [3.63, 3.8) is 0 Å². The maximum Gasteiger partial charge on any atom is 0.248 e. The summed E-state index contributed by atoms with van der Waals surface area (Å²) in [5, 5.41) is 2.45. The second-order valence-electron chi connectivity index (χ2n) is 5.28. The van der Waals surface area contributed by atoms with Crippen molar-refractivity contribution in [3.8, 4) is 0 Å². The molecule has 3 N–H and O–H groups in total. The van der Waals surface area contributed by atoms with E-state index in [2.05, 4.69) is 5.32 Å². The number of primary amides is 1. The summed E-state index contributed by atoms with van der Waals surface area (Å²) in [5.41, 5.74) is 5.34. The Morgan fingerprint density at radius 1 is 1.08 bits per heavy atom. The van der Waals surface area contributed by atoms with Crippen molar-refractivity contribution < 1.29 is 22.8 Å². The number of carbonyl (C=O) groups excluding carboxylic acids is 2. The van der Waals surface area contributed by atoms with Crippen LogP contribution in [0.25, 0.3) is 0 Å². The van der Waals surface area contributed by atoms with Crippen LogP contribution in [-0.4, -0.2) is 11.8 Å². The lowest BCUT2D eigenvalue weighted by atomic mass is 10.1. The third kappa shape index (κ3) is 4.13. The highest BCUT2D eigenvalue weighted by Crippen LogP contribution is 2.21. The molecule has 0 heterocycles. The van der Waals surface area contributed by atoms with Crippen molar-refractivity contribution >= 4 is 17.5 Å². The van der Waals surface area contributed by atoms with E-state index in [0.29, 0.717) is 0 Å². The Morgan fingerprint density at radius 2 is 1.79 bits per heavy atom. The first-order chi connectivity index (χ1) is 11.3. The Balaban J connectivity index is 2.10. The quantitative estimate of drug-likeness (QED) is 0.881. The summed E-state index contributed by atoms with van der Waals surface area (Å²) in [7, 11) is 0. The van der Waals surface area contributed by atoms with Crippen LogP contribution < -0.4 is 11.1 Å². The molecule has 0 spiro atoms. The second-order valence-corrected chi connectivity index (χ2v) is 5.28. The fourth-order valence-corrected chi connectivity index (χ4v) is 2.15. The van der Waals surface area contributed by atoms with Gasteiger partial charge in [0.05, 0.1) is 0 Å². The van der Waals surface area contributed by atoms with Gasteiger partial charge in [0.15, 0.2) is 0 Å². The SMILES string of the molecule is Cc1c(F)cc(C(N)=O)cc1NC(=O)CCc1cc(F)ccc1F. The van der Waals surface area contributed by atoms with Crippen molar-refractivity contribution in [2.24, 2.45) is 5.73 Å². The Hall–Kier alpha value is -2.83. The molecule has 2 aromatic rings. The number of benzene rings is 2. The largest absolute Gasteiger partial charge is 0.366 e. The highest BCUT2D eigenvalue weighted by Gasteiger charge is 2.13. The molecule has 4 nitrogen and oxygen atoms in total. The third-order valence-electron chi connectivity index (χ3n) is 3.53. The number of carbonyl (C=O) groups is 2. The molecule has 0 radical (unpaired) electrons. The van der Waals surface area contributed by atoms with E-state index in [9.17, 15) is 22.8 Å². The number of halogens is 3. The number of hydrogen-bond donors (Lipinski definition) is 2. The highest BCUT2D eigenvalue weighted by atomic mass is 19.1. The van der Waals surface area contributed by atoms with Crippen LogP contribution >= 0.6 is 0 Å². The Bertz CT molecular complexity index is 807. The molecule has 0 saturated heterocycles. The van der Waals surface area contributed by atoms with Crippen LogP contribution in [0.2, 0.25) is 0 Å². The average Bonchev–Trinajstić information content (AvgIpc) is 2.52. The van der Waals surface area contributed by atoms with Crippen LogP contribution in [0.15, 0.2) is 30.3 Å². The average molecular weight is 336 g/mol. The van der Waals surface area contributed by atoms with E-state index in [-0.39, 0.29) is 35.2 Å². The van der Waals surface area contributed by atoms with E-state index in [1.54, 1.807) is 0 Å². The van der Waals surface area contributed by atoms with Gasteiger partial charge in [-0.2, -0.15) is 0 Å². The predicted octanol–water partition coefficient (Wildman–Crippen LogP) is 3.08. The zero-order valence-electron chi connectivity index (χ0n) is 12.8. The molecular formula is C17H15F3N2O2. The van der Waals surface area contributed by atoms with Gasteiger partial charge in [0, 0.05) is 23.2 Å². The van der Waals surface area contributed by atoms with Gasteiger partial charge in [0.25, 0.3) is 0 Å². The lowest BCUT2D eigenvalue weighted by Crippen LogP contribution is -2.16. The van der Waals surface area contributed by atoms with Gasteiger partial charge in [-0.15, -0.1) is 0 Å². The minimum Gasteiger partial charge on any atom is -0.366 e. The Morgan fingerprint density at radius 3 is 2.46 bits per heavy atom. The normalized spacial score (nSPS) is 10.5. The molecule has 0 atom stereocenters. The summed E-state index contributed by atoms with van der Waals surface area (Å²) >= 11 is 0. The highest BCUT2D eigenvalue weighted by molar-refractivity contribution is 5.97. The summed E-state index contributed by atoms with van der Waals surface area (Å²) in [4.78, 5) is 23.1. The molecule has 2 aromatic carbocycles. The van der Waals surface area contributed by atoms with Crippen LogP contribution in [0.4, 0.5) is 18.9 Å². The van der Waals surface area contributed by atoms with Crippen molar-refractivity contribution in [2.75, 3.05) is 5.32 Å². The van der Waals surface area contributed by atoms with E-state index in [4.69, 9.17) is 5.73 Å². The molecule has 0 aliphatic heterocycles. The lowest BCUT2D eigenvalue weighted by molar-refractivity contribution is -0.116. The number of anilines is 1. The smallest absolute Gasteiger partial charge is 0.248 e. The van der Waals surface area contributed by atoms with E-state index < -0.39 is 29.3 Å². The predicted molar refractivity (Wildman–Crippen MR) is 83.0 cm³/mol. The molecule has 24 heavy (non-hydrogen) atoms. The molecule has 0 unspecified atom stereocenters. The number of nitrogens with one attached hydrogen (secondary N) is 1. The van der Waals surface area contributed by atoms with Crippen LogP contribution in [0.1, 0.15) is 27.9 Å². The summed E-state index contributed by atoms with van der Waals surface area (Å²) in [6, 6.07) is 5.23. The number of rotatable bonds is 5. The molecule has 0 bridgehead atoms. The maximum atomic E-state index is 13.7. The summed E-state index contributed by atoms with van der Waals surface area (Å²) in [6.07, 6.45) is -0.158. The fraction of sp³-hybridized carbons (Fsp3) is 0.176. The Labute approximate surface area is 136 Å². The van der Waals surface area contributed by atoms with E-state index in [0.717, 1.165) is 24.3 Å². The first-order valence-corrected chi connectivity index (χ1v) is 7.11. The van der Waals surface area contributed by atoms with E-state index >= 15 is 0 Å². The number of hydrogen-bond acceptors (Lipinski definition) is 2. The van der Waals surface area contributed by atoms with E-state index in [1.807, 2.05) is 0 Å². The zero-order chi connectivity index (χ0) is 17.9. The Kier molecular flexibility index (Phi) is 5.23. The topological polar surface area (TPSA) is 72.2 Å².